The number of nitrogens with zero attached hydrogens (tertiary/aromatic N) is 1. The average Bonchev–Trinajstić information content (AvgIpc) is 3.22. The molecule has 0 saturated carbocycles. The van der Waals surface area contributed by atoms with Crippen molar-refractivity contribution in [1.82, 2.24) is 4.98 Å². The lowest BCUT2D eigenvalue weighted by molar-refractivity contribution is -0.137. The van der Waals surface area contributed by atoms with Crippen molar-refractivity contribution < 1.29 is 32.2 Å². The molecular formula is C27H22F3NO4. The maximum absolute atomic E-state index is 12.8. The third-order valence-electron chi connectivity index (χ3n) is 5.46. The fourth-order valence-electron chi connectivity index (χ4n) is 3.61. The van der Waals surface area contributed by atoms with Gasteiger partial charge in [-0.05, 0) is 79.4 Å². The van der Waals surface area contributed by atoms with Crippen molar-refractivity contribution in [1.29, 1.82) is 0 Å². The smallest absolute Gasteiger partial charge is 0.416 e. The van der Waals surface area contributed by atoms with Gasteiger partial charge >= 0.3 is 12.1 Å². The molecule has 0 aliphatic heterocycles. The summed E-state index contributed by atoms with van der Waals surface area (Å²) in [6.07, 6.45) is -3.16. The van der Waals surface area contributed by atoms with Gasteiger partial charge in [-0.1, -0.05) is 24.3 Å². The Morgan fingerprint density at radius 2 is 1.66 bits per heavy atom. The van der Waals surface area contributed by atoms with E-state index in [2.05, 4.69) is 4.98 Å². The second-order valence-electron chi connectivity index (χ2n) is 7.96. The zero-order chi connectivity index (χ0) is 25.0. The Balaban J connectivity index is 1.35. The van der Waals surface area contributed by atoms with Gasteiger partial charge in [0.2, 0.25) is 5.89 Å². The fraction of sp³-hybridized carbons (Fsp3) is 0.185. The highest BCUT2D eigenvalue weighted by Crippen LogP contribution is 2.31. The van der Waals surface area contributed by atoms with Crippen molar-refractivity contribution in [2.75, 3.05) is 6.61 Å². The van der Waals surface area contributed by atoms with Crippen LogP contribution in [-0.4, -0.2) is 22.7 Å². The van der Waals surface area contributed by atoms with Gasteiger partial charge in [0.25, 0.3) is 0 Å². The first-order valence-electron chi connectivity index (χ1n) is 10.9. The summed E-state index contributed by atoms with van der Waals surface area (Å²) in [5.41, 5.74) is 2.33. The number of aromatic nitrogens is 1. The SMILES string of the molecule is Cc1oc(-c2ccc(C(F)(F)F)cc2)nc1CCCOc1cccc(-c2cccc(C(=O)O)c2)c1. The number of benzene rings is 3. The van der Waals surface area contributed by atoms with Gasteiger partial charge in [-0.15, -0.1) is 0 Å². The zero-order valence-corrected chi connectivity index (χ0v) is 18.8. The Bertz CT molecular complexity index is 1330. The number of hydrogen-bond donors (Lipinski definition) is 1. The minimum absolute atomic E-state index is 0.215. The van der Waals surface area contributed by atoms with Crippen LogP contribution in [0.25, 0.3) is 22.6 Å². The Hall–Kier alpha value is -4.07. The molecule has 180 valence electrons. The van der Waals surface area contributed by atoms with Crippen LogP contribution in [0.5, 0.6) is 5.75 Å². The lowest BCUT2D eigenvalue weighted by Gasteiger charge is -2.08. The predicted molar refractivity (Wildman–Crippen MR) is 124 cm³/mol. The lowest BCUT2D eigenvalue weighted by atomic mass is 10.0. The molecule has 0 spiro atoms. The number of carboxylic acid groups (broad SMARTS) is 1. The quantitative estimate of drug-likeness (QED) is 0.273. The van der Waals surface area contributed by atoms with Crippen molar-refractivity contribution in [3.63, 3.8) is 0 Å². The van der Waals surface area contributed by atoms with Gasteiger partial charge in [0.1, 0.15) is 11.5 Å². The summed E-state index contributed by atoms with van der Waals surface area (Å²) in [6.45, 7) is 2.19. The van der Waals surface area contributed by atoms with Gasteiger partial charge in [-0.25, -0.2) is 9.78 Å². The highest BCUT2D eigenvalue weighted by atomic mass is 19.4. The van der Waals surface area contributed by atoms with Crippen LogP contribution in [0, 0.1) is 6.92 Å². The molecule has 0 saturated heterocycles. The molecule has 0 atom stereocenters. The number of rotatable bonds is 8. The first kappa shape index (κ1) is 24.1. The molecule has 1 heterocycles. The minimum Gasteiger partial charge on any atom is -0.494 e. The molecule has 0 fully saturated rings. The van der Waals surface area contributed by atoms with Crippen molar-refractivity contribution in [2.45, 2.75) is 25.9 Å². The first-order valence-corrected chi connectivity index (χ1v) is 10.9. The van der Waals surface area contributed by atoms with Crippen molar-refractivity contribution in [3.8, 4) is 28.3 Å². The summed E-state index contributed by atoms with van der Waals surface area (Å²) in [5, 5.41) is 9.20. The highest BCUT2D eigenvalue weighted by molar-refractivity contribution is 5.89. The van der Waals surface area contributed by atoms with Crippen LogP contribution in [-0.2, 0) is 12.6 Å². The monoisotopic (exact) mass is 481 g/mol. The van der Waals surface area contributed by atoms with Gasteiger partial charge in [0.15, 0.2) is 0 Å². The van der Waals surface area contributed by atoms with Gasteiger partial charge < -0.3 is 14.3 Å². The lowest BCUT2D eigenvalue weighted by Crippen LogP contribution is -2.04. The van der Waals surface area contributed by atoms with Crippen LogP contribution in [0.2, 0.25) is 0 Å². The average molecular weight is 481 g/mol. The Morgan fingerprint density at radius 1 is 0.971 bits per heavy atom. The number of aryl methyl sites for hydroxylation is 2. The van der Waals surface area contributed by atoms with Gasteiger partial charge in [-0.3, -0.25) is 0 Å². The van der Waals surface area contributed by atoms with Crippen molar-refractivity contribution >= 4 is 5.97 Å². The summed E-state index contributed by atoms with van der Waals surface area (Å²) >= 11 is 0. The van der Waals surface area contributed by atoms with Gasteiger partial charge in [0.05, 0.1) is 23.4 Å². The first-order chi connectivity index (χ1) is 16.7. The van der Waals surface area contributed by atoms with E-state index in [1.54, 1.807) is 25.1 Å². The van der Waals surface area contributed by atoms with Gasteiger partial charge in [-0.2, -0.15) is 13.2 Å². The Labute approximate surface area is 199 Å². The molecule has 0 radical (unpaired) electrons. The molecule has 35 heavy (non-hydrogen) atoms. The molecule has 4 rings (SSSR count). The van der Waals surface area contributed by atoms with E-state index in [1.165, 1.54) is 12.1 Å². The summed E-state index contributed by atoms with van der Waals surface area (Å²) in [4.78, 5) is 15.7. The van der Waals surface area contributed by atoms with Crippen LogP contribution in [0.1, 0.15) is 33.8 Å². The molecule has 0 aliphatic rings. The molecule has 0 unspecified atom stereocenters. The van der Waals surface area contributed by atoms with Gasteiger partial charge in [0, 0.05) is 5.56 Å². The normalized spacial score (nSPS) is 11.4. The zero-order valence-electron chi connectivity index (χ0n) is 18.8. The van der Waals surface area contributed by atoms with E-state index >= 15 is 0 Å². The molecule has 0 aliphatic carbocycles. The summed E-state index contributed by atoms with van der Waals surface area (Å²) < 4.78 is 49.8. The number of aromatic carboxylic acids is 1. The van der Waals surface area contributed by atoms with Crippen molar-refractivity contribution in [2.24, 2.45) is 0 Å². The largest absolute Gasteiger partial charge is 0.494 e. The number of halogens is 3. The second kappa shape index (κ2) is 10.0. The number of carbonyl (C=O) groups is 1. The molecular weight excluding hydrogens is 459 g/mol. The van der Waals surface area contributed by atoms with E-state index in [9.17, 15) is 23.1 Å². The molecule has 8 heteroatoms. The summed E-state index contributed by atoms with van der Waals surface area (Å²) in [6, 6.07) is 18.8. The maximum Gasteiger partial charge on any atom is 0.416 e. The molecule has 1 N–H and O–H groups in total. The van der Waals surface area contributed by atoms with E-state index in [0.29, 0.717) is 36.5 Å². The number of oxazole rings is 1. The fourth-order valence-corrected chi connectivity index (χ4v) is 3.61. The van der Waals surface area contributed by atoms with Crippen LogP contribution in [0.15, 0.2) is 77.2 Å². The molecule has 4 aromatic rings. The third-order valence-corrected chi connectivity index (χ3v) is 5.46. The molecule has 5 nitrogen and oxygen atoms in total. The summed E-state index contributed by atoms with van der Waals surface area (Å²) in [5.74, 6) is 0.568. The Kier molecular flexibility index (Phi) is 6.91. The molecule has 3 aromatic carbocycles. The van der Waals surface area contributed by atoms with Crippen LogP contribution in [0.4, 0.5) is 13.2 Å². The second-order valence-corrected chi connectivity index (χ2v) is 7.96. The third kappa shape index (κ3) is 5.90. The van der Waals surface area contributed by atoms with Crippen LogP contribution in [0.3, 0.4) is 0 Å². The number of ether oxygens (including phenoxy) is 1. The van der Waals surface area contributed by atoms with E-state index in [1.807, 2.05) is 30.3 Å². The highest BCUT2D eigenvalue weighted by Gasteiger charge is 2.30. The topological polar surface area (TPSA) is 72.6 Å². The number of alkyl halides is 3. The molecule has 1 aromatic heterocycles. The van der Waals surface area contributed by atoms with Crippen molar-refractivity contribution in [3.05, 3.63) is 95.4 Å². The van der Waals surface area contributed by atoms with E-state index in [-0.39, 0.29) is 11.5 Å². The predicted octanol–water partition coefficient (Wildman–Crippen LogP) is 7.05. The maximum atomic E-state index is 12.8. The van der Waals surface area contributed by atoms with Crippen LogP contribution < -0.4 is 4.74 Å². The minimum atomic E-state index is -4.39. The number of hydrogen-bond acceptors (Lipinski definition) is 4. The summed E-state index contributed by atoms with van der Waals surface area (Å²) in [7, 11) is 0. The van der Waals surface area contributed by atoms with Crippen LogP contribution >= 0.6 is 0 Å². The molecule has 0 bridgehead atoms. The van der Waals surface area contributed by atoms with E-state index in [4.69, 9.17) is 9.15 Å². The van der Waals surface area contributed by atoms with E-state index in [0.717, 1.165) is 29.0 Å². The van der Waals surface area contributed by atoms with E-state index < -0.39 is 17.7 Å². The molecule has 0 amide bonds. The standard InChI is InChI=1S/C27H22F3NO4/c1-17-24(31-25(35-17)18-10-12-22(13-11-18)27(28,29)30)9-4-14-34-23-8-3-6-20(16-23)19-5-2-7-21(15-19)26(32)33/h2-3,5-8,10-13,15-16H,4,9,14H2,1H3,(H,32,33). The number of carboxylic acids is 1. The Morgan fingerprint density at radius 3 is 2.34 bits per heavy atom.